The Bertz CT molecular complexity index is 669. The van der Waals surface area contributed by atoms with Gasteiger partial charge in [-0.15, -0.1) is 0 Å². The molecule has 1 aliphatic heterocycles. The van der Waals surface area contributed by atoms with E-state index in [1.807, 2.05) is 26.0 Å². The number of pyridine rings is 1. The summed E-state index contributed by atoms with van der Waals surface area (Å²) >= 11 is 0. The Morgan fingerprint density at radius 1 is 1.33 bits per heavy atom. The summed E-state index contributed by atoms with van der Waals surface area (Å²) in [7, 11) is 0. The summed E-state index contributed by atoms with van der Waals surface area (Å²) in [4.78, 5) is 6.61. The van der Waals surface area contributed by atoms with Gasteiger partial charge in [-0.3, -0.25) is 9.88 Å². The highest BCUT2D eigenvalue weighted by molar-refractivity contribution is 5.21. The third-order valence-electron chi connectivity index (χ3n) is 5.11. The molecule has 6 heteroatoms. The Morgan fingerprint density at radius 3 is 3.00 bits per heavy atom. The van der Waals surface area contributed by atoms with Crippen LogP contribution in [-0.2, 0) is 11.3 Å². The minimum atomic E-state index is 0.0895. The third-order valence-corrected chi connectivity index (χ3v) is 5.11. The van der Waals surface area contributed by atoms with E-state index in [0.29, 0.717) is 6.04 Å². The van der Waals surface area contributed by atoms with Crippen molar-refractivity contribution in [3.05, 3.63) is 41.5 Å². The second kappa shape index (κ2) is 6.53. The van der Waals surface area contributed by atoms with E-state index in [1.165, 1.54) is 5.56 Å². The fourth-order valence-electron chi connectivity index (χ4n) is 3.84. The molecule has 2 aliphatic rings. The molecule has 4 rings (SSSR count). The van der Waals surface area contributed by atoms with Gasteiger partial charge >= 0.3 is 0 Å². The molecule has 2 aromatic rings. The van der Waals surface area contributed by atoms with Crippen molar-refractivity contribution in [2.75, 3.05) is 13.2 Å². The summed E-state index contributed by atoms with van der Waals surface area (Å²) in [5, 5.41) is 4.07. The smallest absolute Gasteiger partial charge is 0.138 e. The highest BCUT2D eigenvalue weighted by Gasteiger charge is 2.44. The Labute approximate surface area is 141 Å². The molecule has 2 aromatic heterocycles. The van der Waals surface area contributed by atoms with Crippen molar-refractivity contribution in [3.63, 3.8) is 0 Å². The summed E-state index contributed by atoms with van der Waals surface area (Å²) in [5.41, 5.74) is 2.18. The van der Waals surface area contributed by atoms with Crippen LogP contribution in [0.5, 0.6) is 5.75 Å². The average Bonchev–Trinajstić information content (AvgIpc) is 3.15. The van der Waals surface area contributed by atoms with E-state index in [4.69, 9.17) is 14.0 Å². The molecule has 1 saturated carbocycles. The van der Waals surface area contributed by atoms with Crippen LogP contribution in [0.15, 0.2) is 29.0 Å². The first kappa shape index (κ1) is 15.6. The topological polar surface area (TPSA) is 60.6 Å². The number of aryl methyl sites for hydroxylation is 2. The Hall–Kier alpha value is -1.92. The van der Waals surface area contributed by atoms with E-state index < -0.39 is 0 Å². The van der Waals surface area contributed by atoms with E-state index in [0.717, 1.165) is 49.7 Å². The zero-order chi connectivity index (χ0) is 16.5. The van der Waals surface area contributed by atoms with Crippen LogP contribution in [0.25, 0.3) is 0 Å². The number of fused-ring (bicyclic) bond motifs is 1. The lowest BCUT2D eigenvalue weighted by molar-refractivity contribution is -0.0917. The number of hydrogen-bond donors (Lipinski definition) is 0. The number of hydrogen-bond acceptors (Lipinski definition) is 6. The van der Waals surface area contributed by atoms with Gasteiger partial charge in [0.05, 0.1) is 18.5 Å². The fourth-order valence-corrected chi connectivity index (χ4v) is 3.84. The normalized spacial score (nSPS) is 27.2. The van der Waals surface area contributed by atoms with Gasteiger partial charge in [-0.05, 0) is 38.8 Å². The van der Waals surface area contributed by atoms with Crippen molar-refractivity contribution in [1.29, 1.82) is 0 Å². The summed E-state index contributed by atoms with van der Waals surface area (Å²) in [6.07, 6.45) is 5.80. The van der Waals surface area contributed by atoms with E-state index in [2.05, 4.69) is 15.0 Å². The van der Waals surface area contributed by atoms with Crippen molar-refractivity contribution in [3.8, 4) is 5.75 Å². The number of ether oxygens (including phenoxy) is 2. The van der Waals surface area contributed by atoms with Crippen LogP contribution in [0.3, 0.4) is 0 Å². The minimum absolute atomic E-state index is 0.0895. The van der Waals surface area contributed by atoms with Gasteiger partial charge in [-0.25, -0.2) is 0 Å². The number of nitrogens with zero attached hydrogens (tertiary/aromatic N) is 3. The van der Waals surface area contributed by atoms with Crippen LogP contribution in [0.2, 0.25) is 0 Å². The molecule has 0 bridgehead atoms. The fraction of sp³-hybridized carbons (Fsp3) is 0.556. The maximum Gasteiger partial charge on any atom is 0.138 e. The molecule has 6 nitrogen and oxygen atoms in total. The molecule has 1 aliphatic carbocycles. The van der Waals surface area contributed by atoms with Gasteiger partial charge in [0.2, 0.25) is 0 Å². The SMILES string of the molecule is Cc1noc(C)c1CN1CCO[C@H]2[C@H](Oc3cccnc3)CC[C@@H]21. The van der Waals surface area contributed by atoms with Crippen molar-refractivity contribution in [1.82, 2.24) is 15.0 Å². The second-order valence-electron chi connectivity index (χ2n) is 6.60. The maximum atomic E-state index is 6.13. The lowest BCUT2D eigenvalue weighted by Crippen LogP contribution is -2.51. The van der Waals surface area contributed by atoms with Gasteiger partial charge in [0, 0.05) is 30.9 Å². The van der Waals surface area contributed by atoms with E-state index >= 15 is 0 Å². The summed E-state index contributed by atoms with van der Waals surface area (Å²) in [6, 6.07) is 4.23. The third kappa shape index (κ3) is 2.91. The minimum Gasteiger partial charge on any atom is -0.486 e. The first-order valence-corrected chi connectivity index (χ1v) is 8.56. The predicted molar refractivity (Wildman–Crippen MR) is 87.8 cm³/mol. The van der Waals surface area contributed by atoms with Crippen LogP contribution >= 0.6 is 0 Å². The molecule has 0 aromatic carbocycles. The van der Waals surface area contributed by atoms with Gasteiger partial charge in [-0.1, -0.05) is 5.16 Å². The molecule has 1 saturated heterocycles. The van der Waals surface area contributed by atoms with Gasteiger partial charge in [-0.2, -0.15) is 0 Å². The van der Waals surface area contributed by atoms with Crippen LogP contribution in [0.1, 0.15) is 29.9 Å². The van der Waals surface area contributed by atoms with E-state index in [1.54, 1.807) is 12.4 Å². The molecular weight excluding hydrogens is 306 g/mol. The van der Waals surface area contributed by atoms with Crippen molar-refractivity contribution < 1.29 is 14.0 Å². The molecule has 24 heavy (non-hydrogen) atoms. The van der Waals surface area contributed by atoms with Crippen LogP contribution in [-0.4, -0.2) is 46.4 Å². The molecule has 0 spiro atoms. The first-order chi connectivity index (χ1) is 11.7. The monoisotopic (exact) mass is 329 g/mol. The van der Waals surface area contributed by atoms with Crippen LogP contribution in [0.4, 0.5) is 0 Å². The van der Waals surface area contributed by atoms with Gasteiger partial charge in [0.15, 0.2) is 0 Å². The van der Waals surface area contributed by atoms with Crippen molar-refractivity contribution >= 4 is 0 Å². The molecule has 128 valence electrons. The molecule has 0 radical (unpaired) electrons. The molecule has 3 atom stereocenters. The van der Waals surface area contributed by atoms with Crippen molar-refractivity contribution in [2.24, 2.45) is 0 Å². The lowest BCUT2D eigenvalue weighted by Gasteiger charge is -2.39. The zero-order valence-electron chi connectivity index (χ0n) is 14.1. The molecule has 0 N–H and O–H groups in total. The first-order valence-electron chi connectivity index (χ1n) is 8.56. The van der Waals surface area contributed by atoms with Crippen molar-refractivity contribution in [2.45, 2.75) is 51.5 Å². The Morgan fingerprint density at radius 2 is 2.25 bits per heavy atom. The standard InChI is InChI=1S/C18H23N3O3/c1-12-15(13(2)24-20-12)11-21-8-9-22-18-16(21)5-6-17(18)23-14-4-3-7-19-10-14/h3-4,7,10,16-18H,5-6,8-9,11H2,1-2H3/t16-,17+,18+/m0/s1. The largest absolute Gasteiger partial charge is 0.486 e. The molecule has 2 fully saturated rings. The molecule has 0 amide bonds. The quantitative estimate of drug-likeness (QED) is 0.859. The predicted octanol–water partition coefficient (Wildman–Crippen LogP) is 2.50. The highest BCUT2D eigenvalue weighted by Crippen LogP contribution is 2.34. The van der Waals surface area contributed by atoms with Gasteiger partial charge in [0.1, 0.15) is 23.7 Å². The zero-order valence-corrected chi connectivity index (χ0v) is 14.1. The van der Waals surface area contributed by atoms with E-state index in [9.17, 15) is 0 Å². The number of morpholine rings is 1. The number of aromatic nitrogens is 2. The van der Waals surface area contributed by atoms with Gasteiger partial charge < -0.3 is 14.0 Å². The summed E-state index contributed by atoms with van der Waals surface area (Å²) < 4.78 is 17.5. The highest BCUT2D eigenvalue weighted by atomic mass is 16.5. The maximum absolute atomic E-state index is 6.13. The van der Waals surface area contributed by atoms with Crippen LogP contribution < -0.4 is 4.74 Å². The Balaban J connectivity index is 1.46. The number of rotatable bonds is 4. The average molecular weight is 329 g/mol. The summed E-state index contributed by atoms with van der Waals surface area (Å²) in [5.74, 6) is 1.73. The second-order valence-corrected chi connectivity index (χ2v) is 6.60. The summed E-state index contributed by atoms with van der Waals surface area (Å²) in [6.45, 7) is 6.52. The lowest BCUT2D eigenvalue weighted by atomic mass is 10.1. The van der Waals surface area contributed by atoms with E-state index in [-0.39, 0.29) is 12.2 Å². The van der Waals surface area contributed by atoms with Crippen LogP contribution in [0, 0.1) is 13.8 Å². The molecular formula is C18H23N3O3. The van der Waals surface area contributed by atoms with Gasteiger partial charge in [0.25, 0.3) is 0 Å². The molecule has 0 unspecified atom stereocenters. The Kier molecular flexibility index (Phi) is 4.24. The molecule has 3 heterocycles.